The van der Waals surface area contributed by atoms with Crippen molar-refractivity contribution >= 4 is 67.8 Å². The number of pyridine rings is 1. The Bertz CT molecular complexity index is 2200. The Labute approximate surface area is 263 Å². The van der Waals surface area contributed by atoms with Crippen molar-refractivity contribution < 1.29 is 19.6 Å². The van der Waals surface area contributed by atoms with E-state index in [1.807, 2.05) is 36.4 Å². The molecule has 13 heteroatoms. The second kappa shape index (κ2) is 11.3. The van der Waals surface area contributed by atoms with Gasteiger partial charge in [-0.1, -0.05) is 83.8 Å². The molecule has 45 heavy (non-hydrogen) atoms. The zero-order chi connectivity index (χ0) is 31.2. The molecular formula is C32H22N6O5S2. The maximum atomic E-state index is 13.7. The van der Waals surface area contributed by atoms with Crippen LogP contribution in [0.15, 0.2) is 101 Å². The zero-order valence-corrected chi connectivity index (χ0v) is 25.2. The van der Waals surface area contributed by atoms with Crippen LogP contribution < -0.4 is 4.90 Å². The molecule has 11 nitrogen and oxygen atoms in total. The van der Waals surface area contributed by atoms with E-state index in [0.29, 0.717) is 21.4 Å². The molecule has 1 atom stereocenters. The largest absolute Gasteiger partial charge is 0.505 e. The number of nitro groups is 1. The highest BCUT2D eigenvalue weighted by molar-refractivity contribution is 8.00. The van der Waals surface area contributed by atoms with Crippen LogP contribution in [0.3, 0.4) is 0 Å². The van der Waals surface area contributed by atoms with Gasteiger partial charge in [0.25, 0.3) is 11.5 Å². The number of imidazole rings is 1. The summed E-state index contributed by atoms with van der Waals surface area (Å²) in [4.78, 5) is 44.1. The average molecular weight is 635 g/mol. The number of nitrogens with zero attached hydrogens (tertiary/aromatic N) is 6. The van der Waals surface area contributed by atoms with E-state index >= 15 is 0 Å². The number of aromatic nitrogens is 4. The van der Waals surface area contributed by atoms with Gasteiger partial charge in [-0.2, -0.15) is 0 Å². The van der Waals surface area contributed by atoms with Gasteiger partial charge in [0.1, 0.15) is 11.3 Å². The van der Waals surface area contributed by atoms with Crippen molar-refractivity contribution in [2.24, 2.45) is 0 Å². The molecular weight excluding hydrogens is 613 g/mol. The van der Waals surface area contributed by atoms with Gasteiger partial charge in [0.05, 0.1) is 22.2 Å². The van der Waals surface area contributed by atoms with E-state index in [0.717, 1.165) is 32.6 Å². The molecule has 1 N–H and O–H groups in total. The summed E-state index contributed by atoms with van der Waals surface area (Å²) in [6, 6.07) is 23.9. The van der Waals surface area contributed by atoms with Crippen LogP contribution in [-0.2, 0) is 15.3 Å². The summed E-state index contributed by atoms with van der Waals surface area (Å²) in [6.45, 7) is 1.69. The highest BCUT2D eigenvalue weighted by atomic mass is 32.2. The second-order valence-corrected chi connectivity index (χ2v) is 12.5. The highest BCUT2D eigenvalue weighted by Gasteiger charge is 2.49. The Kier molecular flexibility index (Phi) is 7.10. The summed E-state index contributed by atoms with van der Waals surface area (Å²) in [7, 11) is 0. The van der Waals surface area contributed by atoms with Crippen LogP contribution in [0.1, 0.15) is 28.6 Å². The zero-order valence-electron chi connectivity index (χ0n) is 23.5. The van der Waals surface area contributed by atoms with E-state index in [4.69, 9.17) is 0 Å². The van der Waals surface area contributed by atoms with Crippen LogP contribution >= 0.6 is 23.1 Å². The van der Waals surface area contributed by atoms with Crippen LogP contribution in [0.4, 0.5) is 10.8 Å². The number of anilines is 1. The van der Waals surface area contributed by atoms with Crippen molar-refractivity contribution in [3.63, 3.8) is 0 Å². The van der Waals surface area contributed by atoms with Crippen LogP contribution in [-0.4, -0.2) is 41.3 Å². The molecule has 0 aliphatic carbocycles. The number of Topliss-reactive ketones (excluding diaryl/α,β-unsaturated/α-hetero) is 1. The lowest BCUT2D eigenvalue weighted by atomic mass is 9.96. The molecule has 0 saturated carbocycles. The lowest BCUT2D eigenvalue weighted by Crippen LogP contribution is -2.29. The third-order valence-electron chi connectivity index (χ3n) is 7.60. The van der Waals surface area contributed by atoms with Gasteiger partial charge >= 0.3 is 5.91 Å². The van der Waals surface area contributed by atoms with Crippen LogP contribution in [0.5, 0.6) is 0 Å². The summed E-state index contributed by atoms with van der Waals surface area (Å²) >= 11 is 2.57. The number of carbonyl (C=O) groups excluding carboxylic acids is 2. The van der Waals surface area contributed by atoms with Crippen molar-refractivity contribution in [1.82, 2.24) is 19.6 Å². The number of amides is 1. The third kappa shape index (κ3) is 4.91. The molecule has 7 rings (SSSR count). The number of aliphatic hydroxyl groups excluding tert-OH is 1. The first-order valence-electron chi connectivity index (χ1n) is 13.7. The van der Waals surface area contributed by atoms with Gasteiger partial charge in [0, 0.05) is 24.1 Å². The number of benzene rings is 3. The van der Waals surface area contributed by atoms with Crippen LogP contribution in [0.2, 0.25) is 0 Å². The first kappa shape index (κ1) is 28.4. The van der Waals surface area contributed by atoms with E-state index in [1.165, 1.54) is 30.0 Å². The van der Waals surface area contributed by atoms with E-state index in [9.17, 15) is 24.8 Å². The lowest BCUT2D eigenvalue weighted by molar-refractivity contribution is -0.384. The predicted octanol–water partition coefficient (Wildman–Crippen LogP) is 6.47. The van der Waals surface area contributed by atoms with E-state index in [-0.39, 0.29) is 27.6 Å². The van der Waals surface area contributed by atoms with E-state index < -0.39 is 28.4 Å². The molecule has 1 fully saturated rings. The van der Waals surface area contributed by atoms with Gasteiger partial charge in [-0.3, -0.25) is 29.0 Å². The number of aryl methyl sites for hydroxylation is 1. The first-order chi connectivity index (χ1) is 21.8. The van der Waals surface area contributed by atoms with E-state index in [2.05, 4.69) is 21.2 Å². The standard InChI is InChI=1S/C32H22N6O5S2/c1-18-26(36-15-5-4-14-24(36)33-18)28(39)25-27(20-10-7-12-22(16-20)38(42)43)37(30(41)29(25)40)31-34-35-32(45-31)44-17-21-11-6-9-19-8-2-3-13-23(19)21/h2-16,27,39H,17H2,1H3/b28-25+. The van der Waals surface area contributed by atoms with Gasteiger partial charge in [-0.25, -0.2) is 4.98 Å². The number of carbonyl (C=O) groups is 2. The monoisotopic (exact) mass is 634 g/mol. The van der Waals surface area contributed by atoms with Gasteiger partial charge in [-0.15, -0.1) is 10.2 Å². The topological polar surface area (TPSA) is 144 Å². The minimum absolute atomic E-state index is 0.128. The molecule has 6 aromatic rings. The average Bonchev–Trinajstić information content (AvgIpc) is 3.73. The van der Waals surface area contributed by atoms with Crippen LogP contribution in [0, 0.1) is 17.0 Å². The van der Waals surface area contributed by atoms with Crippen LogP contribution in [0.25, 0.3) is 22.2 Å². The first-order valence-corrected chi connectivity index (χ1v) is 15.5. The fourth-order valence-corrected chi connectivity index (χ4v) is 7.47. The predicted molar refractivity (Wildman–Crippen MR) is 171 cm³/mol. The summed E-state index contributed by atoms with van der Waals surface area (Å²) < 4.78 is 2.19. The second-order valence-electron chi connectivity index (χ2n) is 10.3. The van der Waals surface area contributed by atoms with Gasteiger partial charge in [0.2, 0.25) is 5.13 Å². The fraction of sp³-hybridized carbons (Fsp3) is 0.0938. The van der Waals surface area contributed by atoms with Gasteiger partial charge < -0.3 is 5.11 Å². The van der Waals surface area contributed by atoms with Gasteiger partial charge in [0.15, 0.2) is 10.1 Å². The number of fused-ring (bicyclic) bond motifs is 2. The number of aliphatic hydroxyl groups is 1. The summed E-state index contributed by atoms with van der Waals surface area (Å²) in [5.74, 6) is -1.73. The Balaban J connectivity index is 1.31. The number of rotatable bonds is 7. The number of non-ortho nitro benzene ring substituents is 1. The van der Waals surface area contributed by atoms with Crippen molar-refractivity contribution in [3.05, 3.63) is 129 Å². The molecule has 0 bridgehead atoms. The summed E-state index contributed by atoms with van der Waals surface area (Å²) in [6.07, 6.45) is 1.69. The Morgan fingerprint density at radius 1 is 1.02 bits per heavy atom. The number of nitro benzene ring substituents is 1. The minimum Gasteiger partial charge on any atom is -0.505 e. The van der Waals surface area contributed by atoms with Crippen molar-refractivity contribution in [2.75, 3.05) is 4.90 Å². The number of ketones is 1. The molecule has 0 radical (unpaired) electrons. The van der Waals surface area contributed by atoms with Crippen molar-refractivity contribution in [1.29, 1.82) is 0 Å². The maximum Gasteiger partial charge on any atom is 0.301 e. The molecule has 1 amide bonds. The summed E-state index contributed by atoms with van der Waals surface area (Å²) in [5.41, 5.74) is 2.12. The molecule has 1 saturated heterocycles. The summed E-state index contributed by atoms with van der Waals surface area (Å²) in [5, 5.41) is 34.3. The number of thioether (sulfide) groups is 1. The van der Waals surface area contributed by atoms with Gasteiger partial charge in [-0.05, 0) is 41.0 Å². The Morgan fingerprint density at radius 2 is 1.80 bits per heavy atom. The molecule has 0 spiro atoms. The quantitative estimate of drug-likeness (QED) is 0.0397. The molecule has 3 aromatic carbocycles. The maximum absolute atomic E-state index is 13.7. The highest BCUT2D eigenvalue weighted by Crippen LogP contribution is 2.45. The molecule has 1 aliphatic rings. The number of hydrogen-bond donors (Lipinski definition) is 1. The Hall–Kier alpha value is -5.40. The lowest BCUT2D eigenvalue weighted by Gasteiger charge is -2.22. The smallest absolute Gasteiger partial charge is 0.301 e. The fourth-order valence-electron chi connectivity index (χ4n) is 5.60. The third-order valence-corrected chi connectivity index (χ3v) is 9.71. The molecule has 4 heterocycles. The molecule has 3 aromatic heterocycles. The minimum atomic E-state index is -1.21. The molecule has 222 valence electrons. The normalized spacial score (nSPS) is 16.2. The van der Waals surface area contributed by atoms with Crippen molar-refractivity contribution in [2.45, 2.75) is 23.1 Å². The van der Waals surface area contributed by atoms with E-state index in [1.54, 1.807) is 41.8 Å². The van der Waals surface area contributed by atoms with Crippen molar-refractivity contribution in [3.8, 4) is 0 Å². The SMILES string of the molecule is Cc1nc2ccccn2c1/C(O)=C1\C(=O)C(=O)N(c2nnc(SCc3cccc4ccccc34)s2)C1c1cccc([N+](=O)[O-])c1. The number of hydrogen-bond acceptors (Lipinski definition) is 10. The Morgan fingerprint density at radius 3 is 2.64 bits per heavy atom. The molecule has 1 unspecified atom stereocenters. The molecule has 1 aliphatic heterocycles.